The topological polar surface area (TPSA) is 107 Å². The minimum Gasteiger partial charge on any atom is -0.493 e. The Morgan fingerprint density at radius 2 is 1.79 bits per heavy atom. The van der Waals surface area contributed by atoms with Gasteiger partial charge >= 0.3 is 6.61 Å². The Labute approximate surface area is 225 Å². The van der Waals surface area contributed by atoms with Gasteiger partial charge in [-0.2, -0.15) is 13.8 Å². The molecule has 1 aliphatic heterocycles. The normalized spacial score (nSPS) is 15.0. The molecule has 4 rings (SSSR count). The van der Waals surface area contributed by atoms with Crippen molar-refractivity contribution in [2.75, 3.05) is 44.6 Å². The number of aromatic nitrogens is 2. The molecule has 1 aliphatic rings. The number of methoxy groups -OCH3 is 3. The predicted octanol–water partition coefficient (Wildman–Crippen LogP) is 4.38. The van der Waals surface area contributed by atoms with Crippen LogP contribution in [0.2, 0.25) is 0 Å². The molecular weight excluding hydrogens is 512 g/mol. The molecule has 0 aliphatic carbocycles. The summed E-state index contributed by atoms with van der Waals surface area (Å²) in [5.41, 5.74) is 1.45. The lowest BCUT2D eigenvalue weighted by Gasteiger charge is -2.33. The van der Waals surface area contributed by atoms with Gasteiger partial charge in [-0.15, -0.1) is 0 Å². The number of benzene rings is 2. The fourth-order valence-corrected chi connectivity index (χ4v) is 4.39. The van der Waals surface area contributed by atoms with Gasteiger partial charge < -0.3 is 34.5 Å². The maximum absolute atomic E-state index is 12.9. The van der Waals surface area contributed by atoms with Crippen LogP contribution >= 0.6 is 0 Å². The molecule has 0 bridgehead atoms. The van der Waals surface area contributed by atoms with E-state index >= 15 is 0 Å². The zero-order valence-corrected chi connectivity index (χ0v) is 21.9. The summed E-state index contributed by atoms with van der Waals surface area (Å²) in [5, 5.41) is 6.12. The summed E-state index contributed by atoms with van der Waals surface area (Å²) < 4.78 is 45.2. The lowest BCUT2D eigenvalue weighted by Crippen LogP contribution is -2.43. The zero-order chi connectivity index (χ0) is 27.8. The molecular formula is C27H31F2N5O5. The second-order valence-corrected chi connectivity index (χ2v) is 8.80. The van der Waals surface area contributed by atoms with Crippen molar-refractivity contribution in [1.29, 1.82) is 0 Å². The van der Waals surface area contributed by atoms with Crippen LogP contribution in [-0.2, 0) is 11.3 Å². The first-order valence-electron chi connectivity index (χ1n) is 12.4. The number of hydrogen-bond donors (Lipinski definition) is 2. The monoisotopic (exact) mass is 543 g/mol. The van der Waals surface area contributed by atoms with Crippen LogP contribution in [0.4, 0.5) is 26.2 Å². The molecule has 0 saturated carbocycles. The third-order valence-corrected chi connectivity index (χ3v) is 6.29. The number of halogens is 2. The first kappa shape index (κ1) is 27.7. The highest BCUT2D eigenvalue weighted by Gasteiger charge is 2.26. The lowest BCUT2D eigenvalue weighted by atomic mass is 9.97. The first-order chi connectivity index (χ1) is 18.9. The summed E-state index contributed by atoms with van der Waals surface area (Å²) in [5.74, 6) is 2.34. The summed E-state index contributed by atoms with van der Waals surface area (Å²) in [4.78, 5) is 23.9. The molecule has 3 aromatic rings. The number of piperidine rings is 1. The Balaban J connectivity index is 1.38. The molecule has 1 atom stereocenters. The highest BCUT2D eigenvalue weighted by Crippen LogP contribution is 2.40. The Hall–Kier alpha value is -4.35. The van der Waals surface area contributed by atoms with Crippen LogP contribution < -0.4 is 34.5 Å². The molecule has 1 saturated heterocycles. The SMILES string of the molecule is COc1cc(Nc2nccc(N3CCC[C@H](C(=O)NCc4ccc(OC(F)F)cc4)C3)n2)cc(OC)c1OC. The van der Waals surface area contributed by atoms with Crippen molar-refractivity contribution >= 4 is 23.4 Å². The lowest BCUT2D eigenvalue weighted by molar-refractivity contribution is -0.125. The van der Waals surface area contributed by atoms with Crippen LogP contribution in [0.15, 0.2) is 48.7 Å². The van der Waals surface area contributed by atoms with Gasteiger partial charge in [-0.25, -0.2) is 4.98 Å². The molecule has 0 spiro atoms. The van der Waals surface area contributed by atoms with E-state index in [-0.39, 0.29) is 17.6 Å². The van der Waals surface area contributed by atoms with Gasteiger partial charge in [0, 0.05) is 43.7 Å². The van der Waals surface area contributed by atoms with E-state index in [9.17, 15) is 13.6 Å². The Morgan fingerprint density at radius 3 is 2.44 bits per heavy atom. The highest BCUT2D eigenvalue weighted by atomic mass is 19.3. The van der Waals surface area contributed by atoms with E-state index in [4.69, 9.17) is 14.2 Å². The van der Waals surface area contributed by atoms with Gasteiger partial charge in [0.25, 0.3) is 0 Å². The summed E-state index contributed by atoms with van der Waals surface area (Å²) in [6.07, 6.45) is 3.25. The molecule has 1 amide bonds. The van der Waals surface area contributed by atoms with Crippen molar-refractivity contribution in [3.8, 4) is 23.0 Å². The molecule has 12 heteroatoms. The quantitative estimate of drug-likeness (QED) is 0.364. The number of nitrogens with one attached hydrogen (secondary N) is 2. The van der Waals surface area contributed by atoms with Crippen molar-refractivity contribution in [2.24, 2.45) is 5.92 Å². The average Bonchev–Trinajstić information content (AvgIpc) is 2.96. The minimum atomic E-state index is -2.87. The van der Waals surface area contributed by atoms with Gasteiger partial charge in [-0.1, -0.05) is 12.1 Å². The molecule has 1 aromatic heterocycles. The van der Waals surface area contributed by atoms with Gasteiger partial charge in [0.15, 0.2) is 11.5 Å². The maximum atomic E-state index is 12.9. The molecule has 10 nitrogen and oxygen atoms in total. The molecule has 2 N–H and O–H groups in total. The summed E-state index contributed by atoms with van der Waals surface area (Å²) in [6.45, 7) is -1.31. The molecule has 208 valence electrons. The largest absolute Gasteiger partial charge is 0.493 e. The summed E-state index contributed by atoms with van der Waals surface area (Å²) >= 11 is 0. The van der Waals surface area contributed by atoms with E-state index in [1.165, 1.54) is 19.2 Å². The number of anilines is 3. The molecule has 39 heavy (non-hydrogen) atoms. The fourth-order valence-electron chi connectivity index (χ4n) is 4.39. The van der Waals surface area contributed by atoms with E-state index in [0.717, 1.165) is 24.9 Å². The standard InChI is InChI=1S/C27H31F2N5O5/c1-36-21-13-19(14-22(37-2)24(21)38-3)32-27-30-11-10-23(33-27)34-12-4-5-18(16-34)25(35)31-15-17-6-8-20(9-7-17)39-26(28)29/h6-11,13-14,18,26H,4-5,12,15-16H2,1-3H3,(H,31,35)(H,30,32,33)/t18-/m0/s1. The van der Waals surface area contributed by atoms with Crippen molar-refractivity contribution in [2.45, 2.75) is 26.0 Å². The molecule has 1 fully saturated rings. The average molecular weight is 544 g/mol. The van der Waals surface area contributed by atoms with Crippen molar-refractivity contribution < 1.29 is 32.5 Å². The minimum absolute atomic E-state index is 0.0718. The smallest absolute Gasteiger partial charge is 0.387 e. The van der Waals surface area contributed by atoms with Gasteiger partial charge in [0.2, 0.25) is 17.6 Å². The summed E-state index contributed by atoms with van der Waals surface area (Å²) in [7, 11) is 4.63. The molecule has 2 aromatic carbocycles. The summed E-state index contributed by atoms with van der Waals surface area (Å²) in [6, 6.07) is 11.5. The Morgan fingerprint density at radius 1 is 1.08 bits per heavy atom. The van der Waals surface area contributed by atoms with Crippen LogP contribution in [0, 0.1) is 5.92 Å². The van der Waals surface area contributed by atoms with Gasteiger partial charge in [0.1, 0.15) is 11.6 Å². The number of rotatable bonds is 11. The number of ether oxygens (including phenoxy) is 4. The third kappa shape index (κ3) is 7.15. The van der Waals surface area contributed by atoms with Crippen molar-refractivity contribution in [3.05, 3.63) is 54.2 Å². The highest BCUT2D eigenvalue weighted by molar-refractivity contribution is 5.79. The molecule has 0 radical (unpaired) electrons. The second-order valence-electron chi connectivity index (χ2n) is 8.80. The van der Waals surface area contributed by atoms with E-state index in [1.54, 1.807) is 44.7 Å². The van der Waals surface area contributed by atoms with Gasteiger partial charge in [-0.3, -0.25) is 4.79 Å². The Kier molecular flexibility index (Phi) is 9.18. The number of hydrogen-bond acceptors (Lipinski definition) is 9. The van der Waals surface area contributed by atoms with Crippen LogP contribution in [0.3, 0.4) is 0 Å². The number of carbonyl (C=O) groups excluding carboxylic acids is 1. The third-order valence-electron chi connectivity index (χ3n) is 6.29. The van der Waals surface area contributed by atoms with Crippen LogP contribution in [-0.4, -0.2) is 56.9 Å². The van der Waals surface area contributed by atoms with Crippen LogP contribution in [0.25, 0.3) is 0 Å². The van der Waals surface area contributed by atoms with Crippen molar-refractivity contribution in [3.63, 3.8) is 0 Å². The fraction of sp³-hybridized carbons (Fsp3) is 0.370. The van der Waals surface area contributed by atoms with E-state index in [1.807, 2.05) is 6.07 Å². The van der Waals surface area contributed by atoms with Gasteiger partial charge in [-0.05, 0) is 36.6 Å². The number of carbonyl (C=O) groups is 1. The van der Waals surface area contributed by atoms with E-state index in [2.05, 4.69) is 30.2 Å². The first-order valence-corrected chi connectivity index (χ1v) is 12.4. The molecule has 2 heterocycles. The number of nitrogens with zero attached hydrogens (tertiary/aromatic N) is 3. The van der Waals surface area contributed by atoms with Crippen LogP contribution in [0.1, 0.15) is 18.4 Å². The second kappa shape index (κ2) is 12.9. The Bertz CT molecular complexity index is 1240. The van der Waals surface area contributed by atoms with E-state index < -0.39 is 6.61 Å². The maximum Gasteiger partial charge on any atom is 0.387 e. The van der Waals surface area contributed by atoms with Crippen molar-refractivity contribution in [1.82, 2.24) is 15.3 Å². The number of alkyl halides is 2. The van der Waals surface area contributed by atoms with Crippen LogP contribution in [0.5, 0.6) is 23.0 Å². The van der Waals surface area contributed by atoms with Gasteiger partial charge in [0.05, 0.1) is 27.2 Å². The van der Waals surface area contributed by atoms with E-state index in [0.29, 0.717) is 47.8 Å². The number of amides is 1. The predicted molar refractivity (Wildman–Crippen MR) is 141 cm³/mol. The zero-order valence-electron chi connectivity index (χ0n) is 21.9. The molecule has 0 unspecified atom stereocenters.